The van der Waals surface area contributed by atoms with Gasteiger partial charge in [0, 0.05) is 0 Å². The second-order valence-electron chi connectivity index (χ2n) is 3.37. The van der Waals surface area contributed by atoms with E-state index in [1.54, 1.807) is 5.57 Å². The van der Waals surface area contributed by atoms with Crippen LogP contribution in [0.25, 0.3) is 0 Å². The maximum Gasteiger partial charge on any atom is -0.0173 e. The molecule has 0 fully saturated rings. The molecule has 0 aromatic rings. The molecule has 0 saturated carbocycles. The second-order valence-corrected chi connectivity index (χ2v) is 3.37. The molecule has 0 nitrogen and oxygen atoms in total. The largest absolute Gasteiger partial charge is 0.103 e. The SMILES string of the molecule is C=CC1CC=C(C)CC1C. The Bertz CT molecular complexity index is 153. The number of hydrogen-bond acceptors (Lipinski definition) is 0. The highest BCUT2D eigenvalue weighted by Crippen LogP contribution is 2.29. The van der Waals surface area contributed by atoms with Crippen LogP contribution in [0.4, 0.5) is 0 Å². The predicted molar refractivity (Wildman–Crippen MR) is 45.8 cm³/mol. The smallest absolute Gasteiger partial charge is 0.0173 e. The zero-order valence-electron chi connectivity index (χ0n) is 6.93. The van der Waals surface area contributed by atoms with E-state index in [0.29, 0.717) is 0 Å². The number of allylic oxidation sites excluding steroid dienone is 3. The quantitative estimate of drug-likeness (QED) is 0.486. The van der Waals surface area contributed by atoms with E-state index in [-0.39, 0.29) is 0 Å². The molecular formula is C10H16. The highest BCUT2D eigenvalue weighted by Gasteiger charge is 2.16. The Labute approximate surface area is 63.6 Å². The number of hydrogen-bond donors (Lipinski definition) is 0. The lowest BCUT2D eigenvalue weighted by Gasteiger charge is -2.24. The summed E-state index contributed by atoms with van der Waals surface area (Å²) < 4.78 is 0. The zero-order chi connectivity index (χ0) is 7.56. The van der Waals surface area contributed by atoms with Crippen LogP contribution < -0.4 is 0 Å². The lowest BCUT2D eigenvalue weighted by Crippen LogP contribution is -2.12. The van der Waals surface area contributed by atoms with Gasteiger partial charge in [-0.25, -0.2) is 0 Å². The van der Waals surface area contributed by atoms with Crippen molar-refractivity contribution in [1.82, 2.24) is 0 Å². The van der Waals surface area contributed by atoms with E-state index in [4.69, 9.17) is 0 Å². The summed E-state index contributed by atoms with van der Waals surface area (Å²) in [5.41, 5.74) is 1.55. The van der Waals surface area contributed by atoms with Crippen molar-refractivity contribution in [2.75, 3.05) is 0 Å². The van der Waals surface area contributed by atoms with Crippen LogP contribution in [-0.4, -0.2) is 0 Å². The normalized spacial score (nSPS) is 33.2. The van der Waals surface area contributed by atoms with Crippen molar-refractivity contribution in [2.45, 2.75) is 26.7 Å². The van der Waals surface area contributed by atoms with E-state index in [0.717, 1.165) is 11.8 Å². The molecule has 0 spiro atoms. The molecule has 0 bridgehead atoms. The van der Waals surface area contributed by atoms with E-state index >= 15 is 0 Å². The van der Waals surface area contributed by atoms with Gasteiger partial charge in [0.1, 0.15) is 0 Å². The predicted octanol–water partition coefficient (Wildman–Crippen LogP) is 3.16. The van der Waals surface area contributed by atoms with Crippen molar-refractivity contribution in [2.24, 2.45) is 11.8 Å². The minimum Gasteiger partial charge on any atom is -0.103 e. The summed E-state index contributed by atoms with van der Waals surface area (Å²) in [6.07, 6.45) is 6.90. The molecular weight excluding hydrogens is 120 g/mol. The van der Waals surface area contributed by atoms with Crippen molar-refractivity contribution >= 4 is 0 Å². The third kappa shape index (κ3) is 1.50. The summed E-state index contributed by atoms with van der Waals surface area (Å²) in [6.45, 7) is 8.36. The molecule has 0 amide bonds. The third-order valence-electron chi connectivity index (χ3n) is 2.42. The minimum atomic E-state index is 0.726. The van der Waals surface area contributed by atoms with Gasteiger partial charge in [0.2, 0.25) is 0 Å². The Kier molecular flexibility index (Phi) is 2.31. The molecule has 1 aliphatic rings. The third-order valence-corrected chi connectivity index (χ3v) is 2.42. The summed E-state index contributed by atoms with van der Waals surface area (Å²) in [6, 6.07) is 0. The topological polar surface area (TPSA) is 0 Å². The van der Waals surface area contributed by atoms with Crippen LogP contribution >= 0.6 is 0 Å². The molecule has 0 heteroatoms. The van der Waals surface area contributed by atoms with E-state index in [1.165, 1.54) is 12.8 Å². The molecule has 0 aromatic heterocycles. The van der Waals surface area contributed by atoms with Crippen LogP contribution in [0.2, 0.25) is 0 Å². The Morgan fingerprint density at radius 2 is 2.40 bits per heavy atom. The molecule has 2 atom stereocenters. The van der Waals surface area contributed by atoms with Crippen LogP contribution in [0.3, 0.4) is 0 Å². The van der Waals surface area contributed by atoms with Crippen molar-refractivity contribution < 1.29 is 0 Å². The molecule has 1 rings (SSSR count). The fraction of sp³-hybridized carbons (Fsp3) is 0.600. The molecule has 0 heterocycles. The average Bonchev–Trinajstić information content (AvgIpc) is 1.88. The molecule has 56 valence electrons. The van der Waals surface area contributed by atoms with Crippen molar-refractivity contribution in [3.05, 3.63) is 24.3 Å². The first-order valence-corrected chi connectivity index (χ1v) is 4.02. The number of rotatable bonds is 1. The first kappa shape index (κ1) is 7.59. The van der Waals surface area contributed by atoms with Gasteiger partial charge >= 0.3 is 0 Å². The summed E-state index contributed by atoms with van der Waals surface area (Å²) in [5, 5.41) is 0. The fourth-order valence-electron chi connectivity index (χ4n) is 1.64. The van der Waals surface area contributed by atoms with Crippen LogP contribution in [0, 0.1) is 11.8 Å². The summed E-state index contributed by atoms with van der Waals surface area (Å²) in [4.78, 5) is 0. The van der Waals surface area contributed by atoms with Crippen LogP contribution in [0.15, 0.2) is 24.3 Å². The maximum absolute atomic E-state index is 3.83. The monoisotopic (exact) mass is 136 g/mol. The van der Waals surface area contributed by atoms with Gasteiger partial charge in [-0.2, -0.15) is 0 Å². The van der Waals surface area contributed by atoms with Gasteiger partial charge in [0.15, 0.2) is 0 Å². The fourth-order valence-corrected chi connectivity index (χ4v) is 1.64. The van der Waals surface area contributed by atoms with Gasteiger partial charge in [0.25, 0.3) is 0 Å². The molecule has 10 heavy (non-hydrogen) atoms. The van der Waals surface area contributed by atoms with Crippen molar-refractivity contribution in [3.63, 3.8) is 0 Å². The van der Waals surface area contributed by atoms with Crippen LogP contribution in [-0.2, 0) is 0 Å². The van der Waals surface area contributed by atoms with Gasteiger partial charge in [-0.3, -0.25) is 0 Å². The van der Waals surface area contributed by atoms with Gasteiger partial charge < -0.3 is 0 Å². The molecule has 0 N–H and O–H groups in total. The van der Waals surface area contributed by atoms with Gasteiger partial charge in [-0.1, -0.05) is 24.6 Å². The van der Waals surface area contributed by atoms with E-state index in [2.05, 4.69) is 32.6 Å². The van der Waals surface area contributed by atoms with Crippen molar-refractivity contribution in [1.29, 1.82) is 0 Å². The molecule has 0 aliphatic heterocycles. The van der Waals surface area contributed by atoms with Crippen LogP contribution in [0.1, 0.15) is 26.7 Å². The molecule has 1 aliphatic carbocycles. The van der Waals surface area contributed by atoms with E-state index in [1.807, 2.05) is 0 Å². The highest BCUT2D eigenvalue weighted by molar-refractivity contribution is 5.07. The first-order valence-electron chi connectivity index (χ1n) is 4.02. The van der Waals surface area contributed by atoms with Crippen molar-refractivity contribution in [3.8, 4) is 0 Å². The first-order chi connectivity index (χ1) is 4.74. The van der Waals surface area contributed by atoms with Crippen LogP contribution in [0.5, 0.6) is 0 Å². The molecule has 2 unspecified atom stereocenters. The molecule has 0 radical (unpaired) electrons. The minimum absolute atomic E-state index is 0.726. The highest BCUT2D eigenvalue weighted by atomic mass is 14.2. The van der Waals surface area contributed by atoms with E-state index < -0.39 is 0 Å². The van der Waals surface area contributed by atoms with Gasteiger partial charge in [0.05, 0.1) is 0 Å². The van der Waals surface area contributed by atoms with Gasteiger partial charge in [-0.05, 0) is 31.6 Å². The Hall–Kier alpha value is -0.520. The Morgan fingerprint density at radius 1 is 1.70 bits per heavy atom. The maximum atomic E-state index is 3.83. The molecule has 0 saturated heterocycles. The average molecular weight is 136 g/mol. The molecule has 0 aromatic carbocycles. The van der Waals surface area contributed by atoms with E-state index in [9.17, 15) is 0 Å². The second kappa shape index (κ2) is 3.05. The standard InChI is InChI=1S/C10H16/c1-4-10-6-5-8(2)7-9(10)3/h4-5,9-10H,1,6-7H2,2-3H3. The summed E-state index contributed by atoms with van der Waals surface area (Å²) >= 11 is 0. The summed E-state index contributed by atoms with van der Waals surface area (Å²) in [5.74, 6) is 1.53. The lowest BCUT2D eigenvalue weighted by atomic mass is 9.81. The lowest BCUT2D eigenvalue weighted by molar-refractivity contribution is 0.409. The van der Waals surface area contributed by atoms with Gasteiger partial charge in [-0.15, -0.1) is 6.58 Å². The Morgan fingerprint density at radius 3 is 2.90 bits per heavy atom. The zero-order valence-corrected chi connectivity index (χ0v) is 6.93. The Balaban J connectivity index is 2.60. The summed E-state index contributed by atoms with van der Waals surface area (Å²) in [7, 11) is 0.